The van der Waals surface area contributed by atoms with Crippen molar-refractivity contribution in [1.29, 1.82) is 0 Å². The van der Waals surface area contributed by atoms with Gasteiger partial charge in [0.15, 0.2) is 0 Å². The molecule has 122 valence electrons. The topological polar surface area (TPSA) is 28.5 Å². The van der Waals surface area contributed by atoms with Crippen molar-refractivity contribution < 1.29 is 0 Å². The molecule has 0 radical (unpaired) electrons. The summed E-state index contributed by atoms with van der Waals surface area (Å²) in [6.45, 7) is 6.38. The zero-order chi connectivity index (χ0) is 16.8. The molecule has 3 aromatic rings. The van der Waals surface area contributed by atoms with Gasteiger partial charge in [-0.15, -0.1) is 0 Å². The van der Waals surface area contributed by atoms with Crippen LogP contribution >= 0.6 is 11.3 Å². The van der Waals surface area contributed by atoms with Crippen molar-refractivity contribution in [3.63, 3.8) is 0 Å². The first kappa shape index (κ1) is 16.4. The third-order valence-corrected chi connectivity index (χ3v) is 4.85. The molecule has 0 unspecified atom stereocenters. The molecule has 1 aromatic heterocycles. The summed E-state index contributed by atoms with van der Waals surface area (Å²) in [7, 11) is 0. The molecule has 0 fully saturated rings. The van der Waals surface area contributed by atoms with E-state index in [0.29, 0.717) is 0 Å². The Balaban J connectivity index is 1.71. The second-order valence-corrected chi connectivity index (χ2v) is 6.40. The Morgan fingerprint density at radius 3 is 2.38 bits per heavy atom. The molecule has 4 heteroatoms. The summed E-state index contributed by atoms with van der Waals surface area (Å²) < 4.78 is 0. The number of thiazole rings is 1. The van der Waals surface area contributed by atoms with Gasteiger partial charge < -0.3 is 4.90 Å². The van der Waals surface area contributed by atoms with Gasteiger partial charge in [-0.25, -0.2) is 9.98 Å². The average molecular weight is 335 g/mol. The van der Waals surface area contributed by atoms with E-state index in [9.17, 15) is 0 Å². The number of hydrogen-bond donors (Lipinski definition) is 0. The maximum Gasteiger partial charge on any atom is 0.209 e. The Kier molecular flexibility index (Phi) is 5.39. The number of aliphatic imine (C=N–C) groups is 1. The standard InChI is InChI=1S/C20H21N3S/c1-3-23(4-2)18-12-10-16(11-13-18)14-21-20-22-15-19(24-20)17-8-6-5-7-9-17/h5-15H,3-4H2,1-2H3. The number of benzene rings is 2. The lowest BCUT2D eigenvalue weighted by atomic mass is 10.2. The normalized spacial score (nSPS) is 11.1. The fraction of sp³-hybridized carbons (Fsp3) is 0.200. The lowest BCUT2D eigenvalue weighted by Gasteiger charge is -2.20. The second-order valence-electron chi connectivity index (χ2n) is 5.40. The minimum Gasteiger partial charge on any atom is -0.372 e. The summed E-state index contributed by atoms with van der Waals surface area (Å²) >= 11 is 1.60. The Labute approximate surface area is 147 Å². The molecule has 0 bridgehead atoms. The number of anilines is 1. The lowest BCUT2D eigenvalue weighted by molar-refractivity contribution is 0.866. The molecule has 0 spiro atoms. The molecule has 24 heavy (non-hydrogen) atoms. The minimum absolute atomic E-state index is 0.779. The molecule has 0 atom stereocenters. The highest BCUT2D eigenvalue weighted by Gasteiger charge is 2.03. The van der Waals surface area contributed by atoms with Crippen molar-refractivity contribution in [3.8, 4) is 10.4 Å². The van der Waals surface area contributed by atoms with Crippen LogP contribution in [0.4, 0.5) is 10.8 Å². The van der Waals surface area contributed by atoms with Gasteiger partial charge >= 0.3 is 0 Å². The Morgan fingerprint density at radius 2 is 1.71 bits per heavy atom. The maximum atomic E-state index is 4.51. The molecule has 0 amide bonds. The van der Waals surface area contributed by atoms with Crippen LogP contribution in [0.3, 0.4) is 0 Å². The van der Waals surface area contributed by atoms with Gasteiger partial charge in [-0.2, -0.15) is 0 Å². The van der Waals surface area contributed by atoms with E-state index in [-0.39, 0.29) is 0 Å². The average Bonchev–Trinajstić information content (AvgIpc) is 3.12. The van der Waals surface area contributed by atoms with Gasteiger partial charge in [-0.3, -0.25) is 0 Å². The summed E-state index contributed by atoms with van der Waals surface area (Å²) in [4.78, 5) is 12.4. The Hall–Kier alpha value is -2.46. The van der Waals surface area contributed by atoms with Crippen molar-refractivity contribution in [2.24, 2.45) is 4.99 Å². The molecule has 0 aliphatic carbocycles. The molecule has 1 heterocycles. The van der Waals surface area contributed by atoms with Gasteiger partial charge in [0.2, 0.25) is 5.13 Å². The van der Waals surface area contributed by atoms with Crippen LogP contribution in [0.2, 0.25) is 0 Å². The summed E-state index contributed by atoms with van der Waals surface area (Å²) in [5, 5.41) is 0.779. The van der Waals surface area contributed by atoms with Crippen LogP contribution in [0.1, 0.15) is 19.4 Å². The highest BCUT2D eigenvalue weighted by Crippen LogP contribution is 2.30. The molecule has 0 aliphatic rings. The van der Waals surface area contributed by atoms with Crippen LogP contribution in [-0.2, 0) is 0 Å². The summed E-state index contributed by atoms with van der Waals surface area (Å²) in [5.74, 6) is 0. The molecular weight excluding hydrogens is 314 g/mol. The van der Waals surface area contributed by atoms with E-state index in [4.69, 9.17) is 0 Å². The smallest absolute Gasteiger partial charge is 0.209 e. The lowest BCUT2D eigenvalue weighted by Crippen LogP contribution is -2.21. The van der Waals surface area contributed by atoms with Crippen LogP contribution in [0, 0.1) is 0 Å². The molecular formula is C20H21N3S. The summed E-state index contributed by atoms with van der Waals surface area (Å²) in [6, 6.07) is 18.8. The maximum absolute atomic E-state index is 4.51. The molecule has 3 rings (SSSR count). The van der Waals surface area contributed by atoms with E-state index in [1.54, 1.807) is 11.3 Å². The zero-order valence-corrected chi connectivity index (χ0v) is 14.8. The SMILES string of the molecule is CCN(CC)c1ccc(C=Nc2ncc(-c3ccccc3)s2)cc1. The first-order chi connectivity index (χ1) is 11.8. The third kappa shape index (κ3) is 3.89. The first-order valence-electron chi connectivity index (χ1n) is 8.20. The minimum atomic E-state index is 0.779. The predicted octanol–water partition coefficient (Wildman–Crippen LogP) is 5.41. The molecule has 0 saturated heterocycles. The molecule has 2 aromatic carbocycles. The second kappa shape index (κ2) is 7.88. The summed E-state index contributed by atoms with van der Waals surface area (Å²) in [6.07, 6.45) is 3.76. The van der Waals surface area contributed by atoms with Gasteiger partial charge in [0.25, 0.3) is 0 Å². The zero-order valence-electron chi connectivity index (χ0n) is 14.0. The number of aromatic nitrogens is 1. The number of hydrogen-bond acceptors (Lipinski definition) is 4. The van der Waals surface area contributed by atoms with E-state index >= 15 is 0 Å². The van der Waals surface area contributed by atoms with E-state index in [1.165, 1.54) is 11.3 Å². The fourth-order valence-corrected chi connectivity index (χ4v) is 3.32. The molecule has 0 aliphatic heterocycles. The predicted molar refractivity (Wildman–Crippen MR) is 105 cm³/mol. The highest BCUT2D eigenvalue weighted by atomic mass is 32.1. The van der Waals surface area contributed by atoms with Crippen LogP contribution in [0.25, 0.3) is 10.4 Å². The van der Waals surface area contributed by atoms with Crippen molar-refractivity contribution in [1.82, 2.24) is 4.98 Å². The van der Waals surface area contributed by atoms with Gasteiger partial charge in [-0.1, -0.05) is 53.8 Å². The first-order valence-corrected chi connectivity index (χ1v) is 9.02. The van der Waals surface area contributed by atoms with Crippen molar-refractivity contribution in [2.75, 3.05) is 18.0 Å². The quantitative estimate of drug-likeness (QED) is 0.564. The van der Waals surface area contributed by atoms with Gasteiger partial charge in [0, 0.05) is 31.2 Å². The number of nitrogens with zero attached hydrogens (tertiary/aromatic N) is 3. The van der Waals surface area contributed by atoms with Gasteiger partial charge in [0.05, 0.1) is 4.88 Å². The van der Waals surface area contributed by atoms with Crippen molar-refractivity contribution >= 4 is 28.4 Å². The van der Waals surface area contributed by atoms with Crippen LogP contribution in [0.5, 0.6) is 0 Å². The molecule has 0 N–H and O–H groups in total. The third-order valence-electron chi connectivity index (χ3n) is 3.90. The number of rotatable bonds is 6. The van der Waals surface area contributed by atoms with E-state index in [1.807, 2.05) is 30.6 Å². The van der Waals surface area contributed by atoms with Crippen LogP contribution in [0.15, 0.2) is 65.8 Å². The summed E-state index contributed by atoms with van der Waals surface area (Å²) in [5.41, 5.74) is 3.51. The molecule has 0 saturated carbocycles. The van der Waals surface area contributed by atoms with Gasteiger partial charge in [0.1, 0.15) is 0 Å². The van der Waals surface area contributed by atoms with E-state index in [0.717, 1.165) is 28.7 Å². The monoisotopic (exact) mass is 335 g/mol. The van der Waals surface area contributed by atoms with E-state index in [2.05, 4.69) is 65.1 Å². The van der Waals surface area contributed by atoms with Crippen LogP contribution in [-0.4, -0.2) is 24.3 Å². The van der Waals surface area contributed by atoms with E-state index < -0.39 is 0 Å². The fourth-order valence-electron chi connectivity index (χ4n) is 2.55. The van der Waals surface area contributed by atoms with Gasteiger partial charge in [-0.05, 0) is 37.1 Å². The highest BCUT2D eigenvalue weighted by molar-refractivity contribution is 7.18. The van der Waals surface area contributed by atoms with Crippen molar-refractivity contribution in [2.45, 2.75) is 13.8 Å². The van der Waals surface area contributed by atoms with Crippen LogP contribution < -0.4 is 4.90 Å². The molecule has 3 nitrogen and oxygen atoms in total. The largest absolute Gasteiger partial charge is 0.372 e. The van der Waals surface area contributed by atoms with Crippen molar-refractivity contribution in [3.05, 3.63) is 66.4 Å². The Bertz CT molecular complexity index is 787. The Morgan fingerprint density at radius 1 is 1.00 bits per heavy atom.